The number of aliphatic carboxylic acids is 1. The first kappa shape index (κ1) is 21.9. The van der Waals surface area contributed by atoms with Crippen LogP contribution >= 0.6 is 11.6 Å². The number of halogens is 1. The van der Waals surface area contributed by atoms with Crippen LogP contribution in [0.25, 0.3) is 11.4 Å². The van der Waals surface area contributed by atoms with E-state index < -0.39 is 5.97 Å². The van der Waals surface area contributed by atoms with Gasteiger partial charge in [-0.25, -0.2) is 9.97 Å². The van der Waals surface area contributed by atoms with Crippen LogP contribution in [-0.2, 0) is 24.4 Å². The van der Waals surface area contributed by atoms with E-state index in [0.29, 0.717) is 30.0 Å². The SMILES string of the molecule is O=C(O)CC1CC(N2CCc3nc(-c4ccc(OCc5ccc(Cl)cc5)cc4)ncc3C2)C1. The Kier molecular flexibility index (Phi) is 6.29. The van der Waals surface area contributed by atoms with Gasteiger partial charge in [-0.05, 0) is 60.7 Å². The van der Waals surface area contributed by atoms with Crippen molar-refractivity contribution in [3.05, 3.63) is 76.6 Å². The minimum atomic E-state index is -0.690. The summed E-state index contributed by atoms with van der Waals surface area (Å²) in [7, 11) is 0. The average Bonchev–Trinajstić information content (AvgIpc) is 2.80. The fraction of sp³-hybridized carbons (Fsp3) is 0.346. The molecule has 0 spiro atoms. The van der Waals surface area contributed by atoms with E-state index in [9.17, 15) is 4.79 Å². The Balaban J connectivity index is 1.18. The van der Waals surface area contributed by atoms with E-state index in [1.54, 1.807) is 0 Å². The molecule has 1 N–H and O–H groups in total. The van der Waals surface area contributed by atoms with Gasteiger partial charge >= 0.3 is 5.97 Å². The standard InChI is InChI=1S/C26H26ClN3O3/c27-21-5-1-17(2-6-21)16-33-23-7-3-19(4-8-23)26-28-14-20-15-30(10-9-24(20)29-26)22-11-18(12-22)13-25(31)32/h1-8,14,18,22H,9-13,15-16H2,(H,31,32). The summed E-state index contributed by atoms with van der Waals surface area (Å²) in [5.41, 5.74) is 4.32. The Hall–Kier alpha value is -2.96. The molecular formula is C26H26ClN3O3. The zero-order chi connectivity index (χ0) is 22.8. The number of rotatable bonds is 7. The zero-order valence-electron chi connectivity index (χ0n) is 18.3. The molecule has 1 aliphatic heterocycles. The number of carboxylic acids is 1. The van der Waals surface area contributed by atoms with Crippen molar-refractivity contribution in [1.82, 2.24) is 14.9 Å². The first-order valence-electron chi connectivity index (χ1n) is 11.3. The van der Waals surface area contributed by atoms with Crippen LogP contribution in [0.5, 0.6) is 5.75 Å². The third kappa shape index (κ3) is 5.18. The minimum Gasteiger partial charge on any atom is -0.489 e. The summed E-state index contributed by atoms with van der Waals surface area (Å²) < 4.78 is 5.87. The smallest absolute Gasteiger partial charge is 0.303 e. The van der Waals surface area contributed by atoms with Gasteiger partial charge in [0.2, 0.25) is 0 Å². The summed E-state index contributed by atoms with van der Waals surface area (Å²) in [6.45, 7) is 2.29. The van der Waals surface area contributed by atoms with Gasteiger partial charge in [0.15, 0.2) is 5.82 Å². The third-order valence-corrected chi connectivity index (χ3v) is 6.84. The van der Waals surface area contributed by atoms with Crippen LogP contribution in [0.2, 0.25) is 5.02 Å². The zero-order valence-corrected chi connectivity index (χ0v) is 19.0. The summed E-state index contributed by atoms with van der Waals surface area (Å²) in [6, 6.07) is 16.0. The van der Waals surface area contributed by atoms with Crippen molar-refractivity contribution in [3.63, 3.8) is 0 Å². The summed E-state index contributed by atoms with van der Waals surface area (Å²) in [5, 5.41) is 9.67. The highest BCUT2D eigenvalue weighted by Crippen LogP contribution is 2.36. The van der Waals surface area contributed by atoms with Crippen molar-refractivity contribution >= 4 is 17.6 Å². The Labute approximate surface area is 198 Å². The molecular weight excluding hydrogens is 438 g/mol. The van der Waals surface area contributed by atoms with Crippen molar-refractivity contribution in [2.75, 3.05) is 6.54 Å². The van der Waals surface area contributed by atoms with Crippen LogP contribution in [0.3, 0.4) is 0 Å². The van der Waals surface area contributed by atoms with Crippen LogP contribution in [0.15, 0.2) is 54.7 Å². The topological polar surface area (TPSA) is 75.5 Å². The predicted octanol–water partition coefficient (Wildman–Crippen LogP) is 4.99. The molecule has 7 heteroatoms. The van der Waals surface area contributed by atoms with Crippen molar-refractivity contribution in [2.24, 2.45) is 5.92 Å². The van der Waals surface area contributed by atoms with Gasteiger partial charge < -0.3 is 9.84 Å². The first-order chi connectivity index (χ1) is 16.0. The lowest BCUT2D eigenvalue weighted by Gasteiger charge is -2.44. The molecule has 1 saturated carbocycles. The number of fused-ring (bicyclic) bond motifs is 1. The van der Waals surface area contributed by atoms with Gasteiger partial charge in [-0.2, -0.15) is 0 Å². The molecule has 0 radical (unpaired) electrons. The number of hydrogen-bond donors (Lipinski definition) is 1. The lowest BCUT2D eigenvalue weighted by molar-refractivity contribution is -0.139. The molecule has 1 aromatic heterocycles. The normalized spacial score (nSPS) is 20.0. The molecule has 2 aliphatic rings. The lowest BCUT2D eigenvalue weighted by atomic mass is 9.77. The van der Waals surface area contributed by atoms with Crippen molar-refractivity contribution < 1.29 is 14.6 Å². The molecule has 170 valence electrons. The number of hydrogen-bond acceptors (Lipinski definition) is 5. The van der Waals surface area contributed by atoms with Gasteiger partial charge in [0.25, 0.3) is 0 Å². The summed E-state index contributed by atoms with van der Waals surface area (Å²) >= 11 is 5.93. The molecule has 0 bridgehead atoms. The summed E-state index contributed by atoms with van der Waals surface area (Å²) in [5.74, 6) is 1.16. The van der Waals surface area contributed by atoms with Crippen molar-refractivity contribution in [3.8, 4) is 17.1 Å². The van der Waals surface area contributed by atoms with Crippen LogP contribution in [0.1, 0.15) is 36.1 Å². The van der Waals surface area contributed by atoms with Crippen molar-refractivity contribution in [1.29, 1.82) is 0 Å². The highest BCUT2D eigenvalue weighted by Gasteiger charge is 2.36. The molecule has 2 aromatic carbocycles. The second kappa shape index (κ2) is 9.49. The van der Waals surface area contributed by atoms with E-state index in [4.69, 9.17) is 26.4 Å². The van der Waals surface area contributed by atoms with Gasteiger partial charge in [-0.1, -0.05) is 23.7 Å². The minimum absolute atomic E-state index is 0.290. The van der Waals surface area contributed by atoms with E-state index in [0.717, 1.165) is 60.7 Å². The predicted molar refractivity (Wildman–Crippen MR) is 126 cm³/mol. The van der Waals surface area contributed by atoms with E-state index in [2.05, 4.69) is 9.88 Å². The van der Waals surface area contributed by atoms with Crippen LogP contribution in [0.4, 0.5) is 0 Å². The second-order valence-electron chi connectivity index (χ2n) is 8.91. The molecule has 1 aliphatic carbocycles. The fourth-order valence-corrected chi connectivity index (χ4v) is 4.77. The van der Waals surface area contributed by atoms with E-state index in [1.807, 2.05) is 54.7 Å². The molecule has 5 rings (SSSR count). The van der Waals surface area contributed by atoms with Crippen molar-refractivity contribution in [2.45, 2.75) is 44.9 Å². The Bertz CT molecular complexity index is 1130. The molecule has 0 atom stereocenters. The second-order valence-corrected chi connectivity index (χ2v) is 9.35. The maximum atomic E-state index is 10.9. The summed E-state index contributed by atoms with van der Waals surface area (Å²) in [4.78, 5) is 22.8. The number of benzene rings is 2. The van der Waals surface area contributed by atoms with Gasteiger partial charge in [0.05, 0.1) is 5.69 Å². The molecule has 6 nitrogen and oxygen atoms in total. The number of nitrogens with zero attached hydrogens (tertiary/aromatic N) is 3. The van der Waals surface area contributed by atoms with E-state index >= 15 is 0 Å². The molecule has 0 amide bonds. The maximum Gasteiger partial charge on any atom is 0.303 e. The first-order valence-corrected chi connectivity index (χ1v) is 11.7. The van der Waals surface area contributed by atoms with E-state index in [-0.39, 0.29) is 0 Å². The monoisotopic (exact) mass is 463 g/mol. The maximum absolute atomic E-state index is 10.9. The highest BCUT2D eigenvalue weighted by molar-refractivity contribution is 6.30. The highest BCUT2D eigenvalue weighted by atomic mass is 35.5. The van der Waals surface area contributed by atoms with Crippen LogP contribution in [0, 0.1) is 5.92 Å². The largest absolute Gasteiger partial charge is 0.489 e. The molecule has 0 saturated heterocycles. The van der Waals surface area contributed by atoms with Gasteiger partial charge in [-0.15, -0.1) is 0 Å². The molecule has 1 fully saturated rings. The van der Waals surface area contributed by atoms with Gasteiger partial charge in [-0.3, -0.25) is 9.69 Å². The number of carboxylic acid groups (broad SMARTS) is 1. The summed E-state index contributed by atoms with van der Waals surface area (Å²) in [6.07, 6.45) is 5.09. The van der Waals surface area contributed by atoms with Crippen LogP contribution < -0.4 is 4.74 Å². The lowest BCUT2D eigenvalue weighted by Crippen LogP contribution is -2.47. The number of aromatic nitrogens is 2. The third-order valence-electron chi connectivity index (χ3n) is 6.59. The van der Waals surface area contributed by atoms with Crippen LogP contribution in [-0.4, -0.2) is 38.5 Å². The molecule has 0 unspecified atom stereocenters. The quantitative estimate of drug-likeness (QED) is 0.532. The number of ether oxygens (including phenoxy) is 1. The Morgan fingerprint density at radius 1 is 1.12 bits per heavy atom. The average molecular weight is 464 g/mol. The van der Waals surface area contributed by atoms with Gasteiger partial charge in [0.1, 0.15) is 12.4 Å². The fourth-order valence-electron chi connectivity index (χ4n) is 4.65. The molecule has 2 heterocycles. The molecule has 33 heavy (non-hydrogen) atoms. The molecule has 3 aromatic rings. The van der Waals surface area contributed by atoms with E-state index in [1.165, 1.54) is 5.56 Å². The van der Waals surface area contributed by atoms with Gasteiger partial charge in [0, 0.05) is 54.3 Å². The Morgan fingerprint density at radius 2 is 1.88 bits per heavy atom. The number of carbonyl (C=O) groups is 1. The Morgan fingerprint density at radius 3 is 2.61 bits per heavy atom.